The fourth-order valence-electron chi connectivity index (χ4n) is 3.59. The smallest absolute Gasteiger partial charge is 0.338 e. The Bertz CT molecular complexity index is 1310. The zero-order valence-electron chi connectivity index (χ0n) is 17.9. The first-order chi connectivity index (χ1) is 15.8. The minimum atomic E-state index is -1.03. The van der Waals surface area contributed by atoms with Crippen molar-refractivity contribution >= 4 is 35.0 Å². The molecule has 0 radical (unpaired) electrons. The van der Waals surface area contributed by atoms with Crippen molar-refractivity contribution in [2.75, 3.05) is 4.90 Å². The summed E-state index contributed by atoms with van der Waals surface area (Å²) in [4.78, 5) is 63.6. The second-order valence-electron chi connectivity index (χ2n) is 7.59. The predicted octanol–water partition coefficient (Wildman–Crippen LogP) is 4.12. The van der Waals surface area contributed by atoms with E-state index in [0.717, 1.165) is 4.90 Å². The van der Waals surface area contributed by atoms with Crippen molar-refractivity contribution in [2.45, 2.75) is 20.0 Å². The number of hydrogen-bond acceptors (Lipinski definition) is 6. The molecule has 0 unspecified atom stereocenters. The second-order valence-corrected chi connectivity index (χ2v) is 7.59. The number of carbonyl (C=O) groups is 5. The van der Waals surface area contributed by atoms with Gasteiger partial charge in [0.1, 0.15) is 0 Å². The number of imide groups is 1. The molecule has 1 aliphatic heterocycles. The van der Waals surface area contributed by atoms with Crippen LogP contribution in [0, 0.1) is 0 Å². The van der Waals surface area contributed by atoms with Crippen molar-refractivity contribution in [1.29, 1.82) is 0 Å². The minimum absolute atomic E-state index is 0.0435. The number of esters is 1. The van der Waals surface area contributed by atoms with Crippen LogP contribution in [-0.4, -0.2) is 35.5 Å². The van der Waals surface area contributed by atoms with Crippen LogP contribution in [0.25, 0.3) is 0 Å². The third-order valence-electron chi connectivity index (χ3n) is 5.34. The number of rotatable bonds is 6. The number of fused-ring (bicyclic) bond motifs is 1. The van der Waals surface area contributed by atoms with Crippen LogP contribution in [0.3, 0.4) is 0 Å². The molecule has 0 spiro atoms. The Morgan fingerprint density at radius 2 is 1.42 bits per heavy atom. The van der Waals surface area contributed by atoms with Gasteiger partial charge in [-0.3, -0.25) is 19.2 Å². The largest absolute Gasteiger partial charge is 0.451 e. The third-order valence-corrected chi connectivity index (χ3v) is 5.34. The molecule has 0 fully saturated rings. The van der Waals surface area contributed by atoms with Gasteiger partial charge in [0.2, 0.25) is 5.78 Å². The Kier molecular flexibility index (Phi) is 5.70. The predicted molar refractivity (Wildman–Crippen MR) is 120 cm³/mol. The maximum Gasteiger partial charge on any atom is 0.338 e. The van der Waals surface area contributed by atoms with Crippen LogP contribution in [0.4, 0.5) is 5.69 Å². The molecule has 0 aliphatic carbocycles. The summed E-state index contributed by atoms with van der Waals surface area (Å²) in [7, 11) is 0. The molecule has 1 aliphatic rings. The Hall–Kier alpha value is -4.39. The molecule has 0 bridgehead atoms. The zero-order valence-corrected chi connectivity index (χ0v) is 17.9. The van der Waals surface area contributed by atoms with Crippen LogP contribution in [0.2, 0.25) is 0 Å². The molecule has 0 saturated heterocycles. The standard InChI is InChI=1S/C26H19NO6/c1-15(28)18-9-6-10-20(13-18)27-24(30)21-12-11-19(14-22(21)25(27)31)26(32)33-16(2)23(29)17-7-4-3-5-8-17/h3-14,16H,1-2H3/t16-/m0/s1. The molecule has 0 saturated carbocycles. The van der Waals surface area contributed by atoms with E-state index < -0.39 is 23.9 Å². The van der Waals surface area contributed by atoms with Crippen molar-refractivity contribution in [1.82, 2.24) is 0 Å². The lowest BCUT2D eigenvalue weighted by atomic mass is 10.1. The van der Waals surface area contributed by atoms with Crippen LogP contribution in [0.15, 0.2) is 72.8 Å². The van der Waals surface area contributed by atoms with Gasteiger partial charge in [0.05, 0.1) is 22.4 Å². The van der Waals surface area contributed by atoms with E-state index in [9.17, 15) is 24.0 Å². The van der Waals surface area contributed by atoms with Crippen LogP contribution in [-0.2, 0) is 4.74 Å². The van der Waals surface area contributed by atoms with E-state index in [-0.39, 0.29) is 33.9 Å². The van der Waals surface area contributed by atoms with Gasteiger partial charge in [0.25, 0.3) is 11.8 Å². The molecule has 3 aromatic rings. The lowest BCUT2D eigenvalue weighted by Crippen LogP contribution is -2.29. The highest BCUT2D eigenvalue weighted by Gasteiger charge is 2.37. The molecule has 33 heavy (non-hydrogen) atoms. The van der Waals surface area contributed by atoms with Gasteiger partial charge >= 0.3 is 5.97 Å². The first-order valence-electron chi connectivity index (χ1n) is 10.2. The van der Waals surface area contributed by atoms with Gasteiger partial charge in [0.15, 0.2) is 11.9 Å². The van der Waals surface area contributed by atoms with Gasteiger partial charge in [-0.05, 0) is 44.2 Å². The molecular weight excluding hydrogens is 422 g/mol. The third kappa shape index (κ3) is 4.08. The number of hydrogen-bond donors (Lipinski definition) is 0. The lowest BCUT2D eigenvalue weighted by Gasteiger charge is -2.14. The highest BCUT2D eigenvalue weighted by Crippen LogP contribution is 2.30. The molecule has 3 aromatic carbocycles. The van der Waals surface area contributed by atoms with Gasteiger partial charge in [-0.1, -0.05) is 42.5 Å². The lowest BCUT2D eigenvalue weighted by molar-refractivity contribution is 0.0318. The van der Waals surface area contributed by atoms with Crippen LogP contribution < -0.4 is 4.90 Å². The molecular formula is C26H19NO6. The van der Waals surface area contributed by atoms with Crippen molar-refractivity contribution in [3.63, 3.8) is 0 Å². The maximum atomic E-state index is 13.0. The Morgan fingerprint density at radius 3 is 2.12 bits per heavy atom. The molecule has 4 rings (SSSR count). The number of Topliss-reactive ketones (excluding diaryl/α,β-unsaturated/α-hetero) is 2. The average Bonchev–Trinajstić information content (AvgIpc) is 3.08. The zero-order chi connectivity index (χ0) is 23.7. The van der Waals surface area contributed by atoms with E-state index in [0.29, 0.717) is 11.1 Å². The number of ether oxygens (including phenoxy) is 1. The Morgan fingerprint density at radius 1 is 0.758 bits per heavy atom. The number of amides is 2. The van der Waals surface area contributed by atoms with E-state index in [2.05, 4.69) is 0 Å². The van der Waals surface area contributed by atoms with Crippen LogP contribution in [0.5, 0.6) is 0 Å². The molecule has 1 atom stereocenters. The van der Waals surface area contributed by atoms with E-state index in [1.165, 1.54) is 38.1 Å². The molecule has 7 heteroatoms. The summed E-state index contributed by atoms with van der Waals surface area (Å²) in [6.45, 7) is 2.86. The summed E-state index contributed by atoms with van der Waals surface area (Å²) in [5, 5.41) is 0. The van der Waals surface area contributed by atoms with Gasteiger partial charge in [0, 0.05) is 11.1 Å². The van der Waals surface area contributed by atoms with E-state index in [4.69, 9.17) is 4.74 Å². The normalized spacial score (nSPS) is 13.5. The molecule has 164 valence electrons. The van der Waals surface area contributed by atoms with Crippen molar-refractivity contribution < 1.29 is 28.7 Å². The quantitative estimate of drug-likeness (QED) is 0.324. The SMILES string of the molecule is CC(=O)c1cccc(N2C(=O)c3ccc(C(=O)O[C@@H](C)C(=O)c4ccccc4)cc3C2=O)c1. The highest BCUT2D eigenvalue weighted by atomic mass is 16.5. The number of nitrogens with zero attached hydrogens (tertiary/aromatic N) is 1. The minimum Gasteiger partial charge on any atom is -0.451 e. The van der Waals surface area contributed by atoms with Gasteiger partial charge in [-0.15, -0.1) is 0 Å². The van der Waals surface area contributed by atoms with Crippen molar-refractivity contribution in [2.24, 2.45) is 0 Å². The summed E-state index contributed by atoms with van der Waals surface area (Å²) in [5.74, 6) is -2.50. The van der Waals surface area contributed by atoms with E-state index >= 15 is 0 Å². The van der Waals surface area contributed by atoms with E-state index in [1.807, 2.05) is 0 Å². The molecule has 0 aromatic heterocycles. The van der Waals surface area contributed by atoms with Crippen LogP contribution >= 0.6 is 0 Å². The summed E-state index contributed by atoms with van der Waals surface area (Å²) < 4.78 is 5.29. The first kappa shape index (κ1) is 21.8. The molecule has 1 heterocycles. The summed E-state index contributed by atoms with van der Waals surface area (Å²) >= 11 is 0. The van der Waals surface area contributed by atoms with Crippen molar-refractivity contribution in [3.8, 4) is 0 Å². The Balaban J connectivity index is 1.56. The number of carbonyl (C=O) groups excluding carboxylic acids is 5. The molecule has 2 amide bonds. The van der Waals surface area contributed by atoms with Gasteiger partial charge in [-0.25, -0.2) is 9.69 Å². The average molecular weight is 441 g/mol. The van der Waals surface area contributed by atoms with Crippen LogP contribution in [0.1, 0.15) is 65.6 Å². The Labute approximate surface area is 189 Å². The summed E-state index contributed by atoms with van der Waals surface area (Å²) in [6.07, 6.45) is -1.03. The monoisotopic (exact) mass is 441 g/mol. The van der Waals surface area contributed by atoms with E-state index in [1.54, 1.807) is 48.5 Å². The van der Waals surface area contributed by atoms with Gasteiger partial charge < -0.3 is 4.74 Å². The number of ketones is 2. The second kappa shape index (κ2) is 8.63. The molecule has 0 N–H and O–H groups in total. The fourth-order valence-corrected chi connectivity index (χ4v) is 3.59. The van der Waals surface area contributed by atoms with Crippen molar-refractivity contribution in [3.05, 3.63) is 101 Å². The molecule has 7 nitrogen and oxygen atoms in total. The number of benzene rings is 3. The highest BCUT2D eigenvalue weighted by molar-refractivity contribution is 6.34. The summed E-state index contributed by atoms with van der Waals surface area (Å²) in [6, 6.07) is 18.7. The number of anilines is 1. The first-order valence-corrected chi connectivity index (χ1v) is 10.2. The van der Waals surface area contributed by atoms with Gasteiger partial charge in [-0.2, -0.15) is 0 Å². The summed E-state index contributed by atoms with van der Waals surface area (Å²) in [5.41, 5.74) is 1.27. The maximum absolute atomic E-state index is 13.0. The topological polar surface area (TPSA) is 97.8 Å². The fraction of sp³-hybridized carbons (Fsp3) is 0.115.